The quantitative estimate of drug-likeness (QED) is 0.252. The van der Waals surface area contributed by atoms with E-state index in [-0.39, 0.29) is 0 Å². The SMILES string of the molecule is Clc1cc2oc3ccccc3c2cc1-c1ccc2oc3cc(Br)ccc3c2c1. The predicted molar refractivity (Wildman–Crippen MR) is 119 cm³/mol. The van der Waals surface area contributed by atoms with Crippen LogP contribution >= 0.6 is 27.5 Å². The third-order valence-corrected chi connectivity index (χ3v) is 6.02. The molecule has 0 aliphatic rings. The van der Waals surface area contributed by atoms with Gasteiger partial charge >= 0.3 is 0 Å². The van der Waals surface area contributed by atoms with Crippen molar-refractivity contribution in [3.63, 3.8) is 0 Å². The van der Waals surface area contributed by atoms with Crippen molar-refractivity contribution in [2.24, 2.45) is 0 Å². The molecule has 0 atom stereocenters. The molecule has 2 heterocycles. The van der Waals surface area contributed by atoms with Crippen molar-refractivity contribution >= 4 is 71.4 Å². The predicted octanol–water partition coefficient (Wildman–Crippen LogP) is 8.57. The first kappa shape index (κ1) is 16.2. The molecule has 134 valence electrons. The number of hydrogen-bond donors (Lipinski definition) is 0. The van der Waals surface area contributed by atoms with Crippen LogP contribution < -0.4 is 0 Å². The summed E-state index contributed by atoms with van der Waals surface area (Å²) in [7, 11) is 0. The average Bonchev–Trinajstić information content (AvgIpc) is 3.23. The normalized spacial score (nSPS) is 11.9. The lowest BCUT2D eigenvalue weighted by Gasteiger charge is -2.05. The minimum absolute atomic E-state index is 0.668. The fraction of sp³-hybridized carbons (Fsp3) is 0. The zero-order valence-corrected chi connectivity index (χ0v) is 16.8. The van der Waals surface area contributed by atoms with Crippen LogP contribution in [0.1, 0.15) is 0 Å². The standard InChI is InChI=1S/C24H12BrClO2/c25-14-6-7-16-18-9-13(5-8-22(18)28-23(16)10-14)17-11-19-15-3-1-2-4-21(15)27-24(19)12-20(17)26/h1-12H. The number of fused-ring (bicyclic) bond motifs is 6. The molecule has 6 rings (SSSR count). The molecule has 0 spiro atoms. The number of rotatable bonds is 1. The summed E-state index contributed by atoms with van der Waals surface area (Å²) in [6.45, 7) is 0. The van der Waals surface area contributed by atoms with Crippen LogP contribution in [0.15, 0.2) is 86.1 Å². The highest BCUT2D eigenvalue weighted by Crippen LogP contribution is 2.39. The number of hydrogen-bond acceptors (Lipinski definition) is 2. The lowest BCUT2D eigenvalue weighted by Crippen LogP contribution is -1.80. The maximum absolute atomic E-state index is 6.64. The summed E-state index contributed by atoms with van der Waals surface area (Å²) in [5.41, 5.74) is 5.43. The molecular formula is C24H12BrClO2. The van der Waals surface area contributed by atoms with Crippen molar-refractivity contribution in [3.05, 3.63) is 82.3 Å². The van der Waals surface area contributed by atoms with E-state index in [1.165, 1.54) is 0 Å². The molecule has 0 fully saturated rings. The molecule has 0 aliphatic carbocycles. The Labute approximate surface area is 173 Å². The molecule has 0 bridgehead atoms. The molecule has 4 heteroatoms. The molecule has 28 heavy (non-hydrogen) atoms. The first-order valence-electron chi connectivity index (χ1n) is 8.90. The number of furan rings is 2. The fourth-order valence-electron chi connectivity index (χ4n) is 3.89. The Morgan fingerprint density at radius 1 is 0.607 bits per heavy atom. The van der Waals surface area contributed by atoms with Gasteiger partial charge in [-0.25, -0.2) is 0 Å². The summed E-state index contributed by atoms with van der Waals surface area (Å²) >= 11 is 10.1. The Balaban J connectivity index is 1.63. The Hall–Kier alpha value is -2.75. The third-order valence-electron chi connectivity index (χ3n) is 5.21. The first-order valence-corrected chi connectivity index (χ1v) is 10.1. The van der Waals surface area contributed by atoms with Crippen molar-refractivity contribution in [1.82, 2.24) is 0 Å². The minimum Gasteiger partial charge on any atom is -0.456 e. The van der Waals surface area contributed by atoms with Gasteiger partial charge in [-0.2, -0.15) is 0 Å². The zero-order chi connectivity index (χ0) is 18.8. The molecule has 4 aromatic carbocycles. The second-order valence-electron chi connectivity index (χ2n) is 6.88. The maximum atomic E-state index is 6.64. The summed E-state index contributed by atoms with van der Waals surface area (Å²) in [4.78, 5) is 0. The molecule has 0 amide bonds. The smallest absolute Gasteiger partial charge is 0.136 e. The lowest BCUT2D eigenvalue weighted by molar-refractivity contribution is 0.668. The molecule has 0 N–H and O–H groups in total. The van der Waals surface area contributed by atoms with Gasteiger partial charge in [0.05, 0.1) is 5.02 Å². The van der Waals surface area contributed by atoms with E-state index in [0.717, 1.165) is 59.5 Å². The van der Waals surface area contributed by atoms with Gasteiger partial charge in [0.25, 0.3) is 0 Å². The van der Waals surface area contributed by atoms with E-state index < -0.39 is 0 Å². The largest absolute Gasteiger partial charge is 0.456 e. The van der Waals surface area contributed by atoms with Gasteiger partial charge in [-0.15, -0.1) is 0 Å². The molecule has 0 saturated heterocycles. The van der Waals surface area contributed by atoms with Crippen molar-refractivity contribution in [2.75, 3.05) is 0 Å². The van der Waals surface area contributed by atoms with Crippen LogP contribution in [-0.4, -0.2) is 0 Å². The highest BCUT2D eigenvalue weighted by Gasteiger charge is 2.14. The molecular weight excluding hydrogens is 436 g/mol. The van der Waals surface area contributed by atoms with E-state index in [0.29, 0.717) is 5.02 Å². The van der Waals surface area contributed by atoms with Crippen molar-refractivity contribution < 1.29 is 8.83 Å². The number of benzene rings is 4. The maximum Gasteiger partial charge on any atom is 0.136 e. The Morgan fingerprint density at radius 3 is 2.21 bits per heavy atom. The highest BCUT2D eigenvalue weighted by molar-refractivity contribution is 9.10. The highest BCUT2D eigenvalue weighted by atomic mass is 79.9. The summed E-state index contributed by atoms with van der Waals surface area (Å²) < 4.78 is 12.9. The lowest BCUT2D eigenvalue weighted by atomic mass is 10.0. The van der Waals surface area contributed by atoms with Crippen LogP contribution in [0, 0.1) is 0 Å². The van der Waals surface area contributed by atoms with E-state index in [4.69, 9.17) is 20.4 Å². The van der Waals surface area contributed by atoms with E-state index >= 15 is 0 Å². The van der Waals surface area contributed by atoms with Gasteiger partial charge in [0.2, 0.25) is 0 Å². The average molecular weight is 448 g/mol. The van der Waals surface area contributed by atoms with Crippen LogP contribution in [0.5, 0.6) is 0 Å². The summed E-state index contributed by atoms with van der Waals surface area (Å²) in [6.07, 6.45) is 0. The van der Waals surface area contributed by atoms with Crippen LogP contribution in [0.2, 0.25) is 5.02 Å². The van der Waals surface area contributed by atoms with Crippen molar-refractivity contribution in [1.29, 1.82) is 0 Å². The van der Waals surface area contributed by atoms with Gasteiger partial charge in [0, 0.05) is 37.6 Å². The fourth-order valence-corrected chi connectivity index (χ4v) is 4.49. The van der Waals surface area contributed by atoms with Crippen molar-refractivity contribution in [2.45, 2.75) is 0 Å². The Bertz CT molecular complexity index is 1540. The van der Waals surface area contributed by atoms with Crippen LogP contribution in [0.4, 0.5) is 0 Å². The number of para-hydroxylation sites is 1. The van der Waals surface area contributed by atoms with E-state index in [1.807, 2.05) is 42.5 Å². The second kappa shape index (κ2) is 5.87. The zero-order valence-electron chi connectivity index (χ0n) is 14.5. The molecule has 0 unspecified atom stereocenters. The summed E-state index contributed by atoms with van der Waals surface area (Å²) in [6, 6.07) is 24.4. The van der Waals surface area contributed by atoms with E-state index in [9.17, 15) is 0 Å². The van der Waals surface area contributed by atoms with Gasteiger partial charge in [-0.05, 0) is 48.0 Å². The van der Waals surface area contributed by atoms with Gasteiger partial charge in [-0.3, -0.25) is 0 Å². The van der Waals surface area contributed by atoms with Gasteiger partial charge in [-0.1, -0.05) is 51.8 Å². The first-order chi connectivity index (χ1) is 13.7. The topological polar surface area (TPSA) is 26.3 Å². The monoisotopic (exact) mass is 446 g/mol. The van der Waals surface area contributed by atoms with Gasteiger partial charge < -0.3 is 8.83 Å². The third kappa shape index (κ3) is 2.33. The number of halogens is 2. The van der Waals surface area contributed by atoms with Crippen LogP contribution in [-0.2, 0) is 0 Å². The van der Waals surface area contributed by atoms with Crippen LogP contribution in [0.25, 0.3) is 55.0 Å². The molecule has 2 aromatic heterocycles. The Morgan fingerprint density at radius 2 is 1.32 bits per heavy atom. The molecule has 6 aromatic rings. The summed E-state index contributed by atoms with van der Waals surface area (Å²) in [5.74, 6) is 0. The minimum atomic E-state index is 0.668. The molecule has 0 aliphatic heterocycles. The van der Waals surface area contributed by atoms with Gasteiger partial charge in [0.15, 0.2) is 0 Å². The van der Waals surface area contributed by atoms with Crippen LogP contribution in [0.3, 0.4) is 0 Å². The second-order valence-corrected chi connectivity index (χ2v) is 8.20. The summed E-state index contributed by atoms with van der Waals surface area (Å²) in [5, 5.41) is 4.99. The molecule has 2 nitrogen and oxygen atoms in total. The van der Waals surface area contributed by atoms with Crippen molar-refractivity contribution in [3.8, 4) is 11.1 Å². The van der Waals surface area contributed by atoms with Gasteiger partial charge in [0.1, 0.15) is 22.3 Å². The molecule has 0 radical (unpaired) electrons. The Kier molecular flexibility index (Phi) is 3.40. The van der Waals surface area contributed by atoms with E-state index in [1.54, 1.807) is 0 Å². The van der Waals surface area contributed by atoms with E-state index in [2.05, 4.69) is 46.3 Å². The molecule has 0 saturated carbocycles.